The summed E-state index contributed by atoms with van der Waals surface area (Å²) in [7, 11) is 0. The number of rotatable bonds is 5. The van der Waals surface area contributed by atoms with Gasteiger partial charge in [-0.15, -0.1) is 0 Å². The van der Waals surface area contributed by atoms with Crippen molar-refractivity contribution in [2.24, 2.45) is 5.92 Å². The zero-order valence-corrected chi connectivity index (χ0v) is 14.2. The van der Waals surface area contributed by atoms with E-state index in [1.165, 1.54) is 43.5 Å². The van der Waals surface area contributed by atoms with Crippen LogP contribution in [0, 0.1) is 5.92 Å². The Bertz CT molecular complexity index is 636. The van der Waals surface area contributed by atoms with E-state index in [0.29, 0.717) is 6.61 Å². The summed E-state index contributed by atoms with van der Waals surface area (Å²) in [5.41, 5.74) is 2.49. The van der Waals surface area contributed by atoms with E-state index in [4.69, 9.17) is 4.74 Å². The van der Waals surface area contributed by atoms with Crippen LogP contribution in [0.5, 0.6) is 0 Å². The molecular weight excluding hydrogens is 300 g/mol. The summed E-state index contributed by atoms with van der Waals surface area (Å²) in [6.45, 7) is 4.66. The molecule has 0 saturated heterocycles. The quantitative estimate of drug-likeness (QED) is 0.847. The van der Waals surface area contributed by atoms with Crippen LogP contribution in [0.25, 0.3) is 0 Å². The van der Waals surface area contributed by atoms with Crippen molar-refractivity contribution >= 4 is 0 Å². The van der Waals surface area contributed by atoms with Crippen LogP contribution >= 0.6 is 0 Å². The zero-order chi connectivity index (χ0) is 16.2. The number of hydrogen-bond donors (Lipinski definition) is 0. The van der Waals surface area contributed by atoms with Crippen molar-refractivity contribution in [2.75, 3.05) is 13.1 Å². The summed E-state index contributed by atoms with van der Waals surface area (Å²) in [5, 5.41) is 4.49. The van der Waals surface area contributed by atoms with E-state index in [0.717, 1.165) is 25.6 Å². The topological polar surface area (TPSA) is 43.2 Å². The first kappa shape index (κ1) is 15.8. The van der Waals surface area contributed by atoms with Crippen LogP contribution in [-0.4, -0.2) is 38.9 Å². The van der Waals surface area contributed by atoms with Crippen molar-refractivity contribution in [3.05, 3.63) is 48.0 Å². The summed E-state index contributed by atoms with van der Waals surface area (Å²) < 4.78 is 8.36. The van der Waals surface area contributed by atoms with Gasteiger partial charge in [-0.2, -0.15) is 5.10 Å². The van der Waals surface area contributed by atoms with E-state index in [-0.39, 0.29) is 6.10 Å². The molecular formula is C19H26N4O. The monoisotopic (exact) mass is 326 g/mol. The van der Waals surface area contributed by atoms with Gasteiger partial charge in [0.1, 0.15) is 0 Å². The van der Waals surface area contributed by atoms with Gasteiger partial charge in [-0.3, -0.25) is 14.6 Å². The number of ether oxygens (including phenoxy) is 1. The first-order chi connectivity index (χ1) is 11.9. The molecule has 2 aliphatic rings. The maximum absolute atomic E-state index is 6.24. The number of nitrogens with zero attached hydrogens (tertiary/aromatic N) is 4. The lowest BCUT2D eigenvalue weighted by Gasteiger charge is -2.26. The van der Waals surface area contributed by atoms with Crippen LogP contribution in [0.3, 0.4) is 0 Å². The average molecular weight is 326 g/mol. The van der Waals surface area contributed by atoms with E-state index in [1.807, 2.05) is 30.7 Å². The zero-order valence-electron chi connectivity index (χ0n) is 14.2. The highest BCUT2D eigenvalue weighted by Gasteiger charge is 2.26. The van der Waals surface area contributed by atoms with Crippen molar-refractivity contribution in [1.29, 1.82) is 0 Å². The number of pyridine rings is 1. The minimum Gasteiger partial charge on any atom is -0.370 e. The molecule has 0 unspecified atom stereocenters. The summed E-state index contributed by atoms with van der Waals surface area (Å²) >= 11 is 0. The summed E-state index contributed by atoms with van der Waals surface area (Å²) in [6, 6.07) is 6.19. The molecule has 24 heavy (non-hydrogen) atoms. The molecule has 0 aromatic carbocycles. The van der Waals surface area contributed by atoms with Crippen LogP contribution in [0.15, 0.2) is 36.8 Å². The van der Waals surface area contributed by atoms with E-state index in [1.54, 1.807) is 0 Å². The highest BCUT2D eigenvalue weighted by Crippen LogP contribution is 2.27. The molecule has 1 aliphatic carbocycles. The van der Waals surface area contributed by atoms with Gasteiger partial charge in [0.25, 0.3) is 0 Å². The van der Waals surface area contributed by atoms with Gasteiger partial charge in [-0.25, -0.2) is 0 Å². The first-order valence-electron chi connectivity index (χ1n) is 9.10. The third kappa shape index (κ3) is 3.84. The van der Waals surface area contributed by atoms with Gasteiger partial charge < -0.3 is 4.74 Å². The van der Waals surface area contributed by atoms with Crippen molar-refractivity contribution in [2.45, 2.75) is 51.5 Å². The number of hydrogen-bond acceptors (Lipinski definition) is 4. The van der Waals surface area contributed by atoms with Gasteiger partial charge in [-0.05, 0) is 42.5 Å². The minimum absolute atomic E-state index is 0.181. The Morgan fingerprint density at radius 2 is 1.88 bits per heavy atom. The van der Waals surface area contributed by atoms with E-state index in [2.05, 4.69) is 25.7 Å². The highest BCUT2D eigenvalue weighted by molar-refractivity contribution is 5.08. The molecule has 1 atom stereocenters. The molecule has 2 aromatic rings. The molecule has 1 fully saturated rings. The van der Waals surface area contributed by atoms with Gasteiger partial charge in [0.15, 0.2) is 0 Å². The Morgan fingerprint density at radius 3 is 2.71 bits per heavy atom. The SMILES string of the molecule is c1cc(CO[C@@H]2CN(CC3CCCC3)Cc3ccnn3C2)ccn1. The van der Waals surface area contributed by atoms with Crippen LogP contribution in [0.4, 0.5) is 0 Å². The van der Waals surface area contributed by atoms with Crippen LogP contribution in [0.2, 0.25) is 0 Å². The molecule has 0 N–H and O–H groups in total. The Morgan fingerprint density at radius 1 is 1.04 bits per heavy atom. The van der Waals surface area contributed by atoms with Crippen LogP contribution in [0.1, 0.15) is 36.9 Å². The van der Waals surface area contributed by atoms with Crippen molar-refractivity contribution in [3.8, 4) is 0 Å². The predicted octanol–water partition coefficient (Wildman–Crippen LogP) is 2.87. The normalized spacial score (nSPS) is 22.4. The maximum Gasteiger partial charge on any atom is 0.0902 e. The fourth-order valence-corrected chi connectivity index (χ4v) is 3.99. The molecule has 0 radical (unpaired) electrons. The molecule has 3 heterocycles. The second kappa shape index (κ2) is 7.45. The lowest BCUT2D eigenvalue weighted by atomic mass is 10.1. The predicted molar refractivity (Wildman–Crippen MR) is 92.3 cm³/mol. The van der Waals surface area contributed by atoms with E-state index >= 15 is 0 Å². The Balaban J connectivity index is 1.42. The fourth-order valence-electron chi connectivity index (χ4n) is 3.99. The van der Waals surface area contributed by atoms with Gasteiger partial charge in [0, 0.05) is 38.2 Å². The summed E-state index contributed by atoms with van der Waals surface area (Å²) in [4.78, 5) is 6.65. The van der Waals surface area contributed by atoms with Gasteiger partial charge >= 0.3 is 0 Å². The van der Waals surface area contributed by atoms with Gasteiger partial charge in [0.05, 0.1) is 24.9 Å². The Hall–Kier alpha value is -1.72. The van der Waals surface area contributed by atoms with E-state index < -0.39 is 0 Å². The molecule has 0 spiro atoms. The molecule has 5 heteroatoms. The molecule has 1 aliphatic heterocycles. The average Bonchev–Trinajstić information content (AvgIpc) is 3.23. The first-order valence-corrected chi connectivity index (χ1v) is 9.10. The molecule has 0 amide bonds. The number of aromatic nitrogens is 3. The molecule has 0 bridgehead atoms. The van der Waals surface area contributed by atoms with Crippen molar-refractivity contribution in [3.63, 3.8) is 0 Å². The molecule has 1 saturated carbocycles. The summed E-state index contributed by atoms with van der Waals surface area (Å²) in [5.74, 6) is 0.861. The second-order valence-corrected chi connectivity index (χ2v) is 7.14. The van der Waals surface area contributed by atoms with Crippen molar-refractivity contribution < 1.29 is 4.74 Å². The van der Waals surface area contributed by atoms with Gasteiger partial charge in [0.2, 0.25) is 0 Å². The molecule has 5 nitrogen and oxygen atoms in total. The summed E-state index contributed by atoms with van der Waals surface area (Å²) in [6.07, 6.45) is 11.3. The molecule has 4 rings (SSSR count). The third-order valence-corrected chi connectivity index (χ3v) is 5.25. The third-order valence-electron chi connectivity index (χ3n) is 5.25. The fraction of sp³-hybridized carbons (Fsp3) is 0.579. The van der Waals surface area contributed by atoms with Crippen molar-refractivity contribution in [1.82, 2.24) is 19.7 Å². The maximum atomic E-state index is 6.24. The van der Waals surface area contributed by atoms with Crippen LogP contribution in [-0.2, 0) is 24.4 Å². The largest absolute Gasteiger partial charge is 0.370 e. The Labute approximate surface area is 143 Å². The lowest BCUT2D eigenvalue weighted by molar-refractivity contribution is 0.00616. The minimum atomic E-state index is 0.181. The second-order valence-electron chi connectivity index (χ2n) is 7.14. The highest BCUT2D eigenvalue weighted by atomic mass is 16.5. The van der Waals surface area contributed by atoms with E-state index in [9.17, 15) is 0 Å². The lowest BCUT2D eigenvalue weighted by Crippen LogP contribution is -2.35. The molecule has 2 aromatic heterocycles. The standard InChI is InChI=1S/C19H26N4O/c1-2-4-16(3-1)11-22-12-18-7-10-21-23(18)14-19(13-22)24-15-17-5-8-20-9-6-17/h5-10,16,19H,1-4,11-15H2/t19-/m1/s1. The number of fused-ring (bicyclic) bond motifs is 1. The smallest absolute Gasteiger partial charge is 0.0902 e. The molecule has 128 valence electrons. The van der Waals surface area contributed by atoms with Gasteiger partial charge in [-0.1, -0.05) is 12.8 Å². The Kier molecular flexibility index (Phi) is 4.90. The van der Waals surface area contributed by atoms with Crippen LogP contribution < -0.4 is 0 Å².